The number of sulfonamides is 1. The van der Waals surface area contributed by atoms with E-state index in [1.807, 2.05) is 0 Å². The average molecular weight is 409 g/mol. The minimum Gasteiger partial charge on any atom is -0.396 e. The summed E-state index contributed by atoms with van der Waals surface area (Å²) < 4.78 is 27.8. The summed E-state index contributed by atoms with van der Waals surface area (Å²) in [5.74, 6) is -0.192. The Hall–Kier alpha value is -2.09. The maximum atomic E-state index is 12.9. The van der Waals surface area contributed by atoms with Crippen LogP contribution in [-0.2, 0) is 10.0 Å². The molecule has 1 unspecified atom stereocenters. The Balaban J connectivity index is 1.85. The predicted octanol–water partition coefficient (Wildman–Crippen LogP) is 2.99. The van der Waals surface area contributed by atoms with Gasteiger partial charge in [-0.05, 0) is 55.2 Å². The lowest BCUT2D eigenvalue weighted by Gasteiger charge is -2.32. The average Bonchev–Trinajstić information content (AvgIpc) is 2.68. The fourth-order valence-corrected chi connectivity index (χ4v) is 4.35. The van der Waals surface area contributed by atoms with E-state index in [1.165, 1.54) is 24.3 Å². The zero-order valence-corrected chi connectivity index (χ0v) is 16.2. The highest BCUT2D eigenvalue weighted by molar-refractivity contribution is 7.92. The van der Waals surface area contributed by atoms with Gasteiger partial charge in [-0.25, -0.2) is 8.42 Å². The Labute approximate surface area is 163 Å². The molecule has 1 saturated heterocycles. The number of halogens is 1. The molecule has 8 heteroatoms. The Morgan fingerprint density at radius 3 is 2.59 bits per heavy atom. The van der Waals surface area contributed by atoms with Gasteiger partial charge in [-0.2, -0.15) is 0 Å². The summed E-state index contributed by atoms with van der Waals surface area (Å²) in [6.07, 6.45) is 1.70. The lowest BCUT2D eigenvalue weighted by Crippen LogP contribution is -2.41. The Morgan fingerprint density at radius 2 is 1.89 bits per heavy atom. The van der Waals surface area contributed by atoms with Gasteiger partial charge in [0.05, 0.1) is 16.1 Å². The fourth-order valence-electron chi connectivity index (χ4n) is 3.14. The smallest absolute Gasteiger partial charge is 0.261 e. The molecule has 0 spiro atoms. The molecule has 2 aromatic rings. The molecular weight excluding hydrogens is 388 g/mol. The summed E-state index contributed by atoms with van der Waals surface area (Å²) in [5.41, 5.74) is 0.511. The number of carbonyl (C=O) groups is 1. The van der Waals surface area contributed by atoms with Crippen molar-refractivity contribution in [2.75, 3.05) is 24.4 Å². The number of piperidine rings is 1. The summed E-state index contributed by atoms with van der Waals surface area (Å²) in [6, 6.07) is 12.3. The quantitative estimate of drug-likeness (QED) is 0.796. The van der Waals surface area contributed by atoms with Gasteiger partial charge in [0.25, 0.3) is 15.9 Å². The number of nitrogens with one attached hydrogen (secondary N) is 1. The molecular formula is C19H21ClN2O4S. The SMILES string of the molecule is O=C(c1ccccc1NS(=O)(=O)c1ccc(Cl)cc1)N1CCCC(CO)C1. The van der Waals surface area contributed by atoms with Crippen molar-refractivity contribution in [3.05, 3.63) is 59.1 Å². The first-order valence-corrected chi connectivity index (χ1v) is 10.5. The topological polar surface area (TPSA) is 86.7 Å². The number of anilines is 1. The molecule has 27 heavy (non-hydrogen) atoms. The van der Waals surface area contributed by atoms with Crippen LogP contribution in [0.25, 0.3) is 0 Å². The monoisotopic (exact) mass is 408 g/mol. The Bertz CT molecular complexity index is 916. The van der Waals surface area contributed by atoms with Crippen LogP contribution >= 0.6 is 11.6 Å². The largest absolute Gasteiger partial charge is 0.396 e. The van der Waals surface area contributed by atoms with Crippen LogP contribution in [-0.4, -0.2) is 44.0 Å². The number of amides is 1. The van der Waals surface area contributed by atoms with E-state index in [9.17, 15) is 18.3 Å². The van der Waals surface area contributed by atoms with Crippen LogP contribution < -0.4 is 4.72 Å². The van der Waals surface area contributed by atoms with Gasteiger partial charge in [-0.15, -0.1) is 0 Å². The number of aliphatic hydroxyl groups excluding tert-OH is 1. The van der Waals surface area contributed by atoms with Crippen molar-refractivity contribution < 1.29 is 18.3 Å². The molecule has 0 radical (unpaired) electrons. The molecule has 3 rings (SSSR count). The number of likely N-dealkylation sites (tertiary alicyclic amines) is 1. The molecule has 1 aliphatic heterocycles. The molecule has 0 aromatic heterocycles. The van der Waals surface area contributed by atoms with Gasteiger partial charge < -0.3 is 10.0 Å². The summed E-state index contributed by atoms with van der Waals surface area (Å²) in [7, 11) is -3.85. The van der Waals surface area contributed by atoms with Gasteiger partial charge in [-0.1, -0.05) is 23.7 Å². The van der Waals surface area contributed by atoms with Gasteiger partial charge in [0, 0.05) is 24.7 Å². The predicted molar refractivity (Wildman–Crippen MR) is 104 cm³/mol. The van der Waals surface area contributed by atoms with Crippen molar-refractivity contribution in [3.8, 4) is 0 Å². The van der Waals surface area contributed by atoms with Gasteiger partial charge in [-0.3, -0.25) is 9.52 Å². The third-order valence-corrected chi connectivity index (χ3v) is 6.22. The summed E-state index contributed by atoms with van der Waals surface area (Å²) in [4.78, 5) is 14.7. The first-order valence-electron chi connectivity index (χ1n) is 8.68. The van der Waals surface area contributed by atoms with Gasteiger partial charge in [0.15, 0.2) is 0 Å². The standard InChI is InChI=1S/C19H21ClN2O4S/c20-15-7-9-16(10-8-15)27(25,26)21-18-6-2-1-5-17(18)19(24)22-11-3-4-14(12-22)13-23/h1-2,5-10,14,21,23H,3-4,11-13H2. The van der Waals surface area contributed by atoms with E-state index in [0.29, 0.717) is 18.1 Å². The van der Waals surface area contributed by atoms with Gasteiger partial charge in [0.2, 0.25) is 0 Å². The highest BCUT2D eigenvalue weighted by Gasteiger charge is 2.26. The van der Waals surface area contributed by atoms with Crippen LogP contribution in [0.5, 0.6) is 0 Å². The second-order valence-electron chi connectivity index (χ2n) is 6.55. The van der Waals surface area contributed by atoms with E-state index in [4.69, 9.17) is 11.6 Å². The van der Waals surface area contributed by atoms with Crippen LogP contribution in [0.3, 0.4) is 0 Å². The molecule has 1 fully saturated rings. The van der Waals surface area contributed by atoms with Crippen molar-refractivity contribution in [3.63, 3.8) is 0 Å². The van der Waals surface area contributed by atoms with E-state index in [2.05, 4.69) is 4.72 Å². The van der Waals surface area contributed by atoms with Crippen molar-refractivity contribution in [1.29, 1.82) is 0 Å². The van der Waals surface area contributed by atoms with Gasteiger partial charge in [0.1, 0.15) is 0 Å². The molecule has 2 aromatic carbocycles. The van der Waals surface area contributed by atoms with E-state index < -0.39 is 10.0 Å². The van der Waals surface area contributed by atoms with Crippen molar-refractivity contribution in [2.24, 2.45) is 5.92 Å². The number of rotatable bonds is 5. The minimum absolute atomic E-state index is 0.0363. The highest BCUT2D eigenvalue weighted by atomic mass is 35.5. The zero-order chi connectivity index (χ0) is 19.4. The normalized spacial score (nSPS) is 17.6. The number of hydrogen-bond donors (Lipinski definition) is 2. The number of benzene rings is 2. The molecule has 1 heterocycles. The number of nitrogens with zero attached hydrogens (tertiary/aromatic N) is 1. The van der Waals surface area contributed by atoms with Crippen molar-refractivity contribution in [1.82, 2.24) is 4.90 Å². The molecule has 0 aliphatic carbocycles. The van der Waals surface area contributed by atoms with Crippen LogP contribution in [0, 0.1) is 5.92 Å². The maximum absolute atomic E-state index is 12.9. The molecule has 0 bridgehead atoms. The summed E-state index contributed by atoms with van der Waals surface area (Å²) >= 11 is 5.82. The van der Waals surface area contributed by atoms with Crippen LogP contribution in [0.15, 0.2) is 53.4 Å². The first kappa shape index (κ1) is 19.7. The van der Waals surface area contributed by atoms with Crippen molar-refractivity contribution in [2.45, 2.75) is 17.7 Å². The third kappa shape index (κ3) is 4.61. The van der Waals surface area contributed by atoms with E-state index in [1.54, 1.807) is 29.2 Å². The first-order chi connectivity index (χ1) is 12.9. The number of hydrogen-bond acceptors (Lipinski definition) is 4. The van der Waals surface area contributed by atoms with E-state index in [-0.39, 0.29) is 34.6 Å². The van der Waals surface area contributed by atoms with Crippen LogP contribution in [0.4, 0.5) is 5.69 Å². The second kappa shape index (κ2) is 8.29. The molecule has 1 atom stereocenters. The lowest BCUT2D eigenvalue weighted by molar-refractivity contribution is 0.0622. The summed E-state index contributed by atoms with van der Waals surface area (Å²) in [6.45, 7) is 1.09. The van der Waals surface area contributed by atoms with E-state index >= 15 is 0 Å². The second-order valence-corrected chi connectivity index (χ2v) is 8.67. The lowest BCUT2D eigenvalue weighted by atomic mass is 9.98. The van der Waals surface area contributed by atoms with E-state index in [0.717, 1.165) is 12.8 Å². The maximum Gasteiger partial charge on any atom is 0.261 e. The molecule has 0 saturated carbocycles. The minimum atomic E-state index is -3.85. The Morgan fingerprint density at radius 1 is 1.19 bits per heavy atom. The number of aliphatic hydroxyl groups is 1. The molecule has 6 nitrogen and oxygen atoms in total. The third-order valence-electron chi connectivity index (χ3n) is 4.59. The molecule has 1 amide bonds. The molecule has 144 valence electrons. The molecule has 1 aliphatic rings. The van der Waals surface area contributed by atoms with Crippen LogP contribution in [0.2, 0.25) is 5.02 Å². The number of para-hydroxylation sites is 1. The molecule has 2 N–H and O–H groups in total. The zero-order valence-electron chi connectivity index (χ0n) is 14.6. The fraction of sp³-hybridized carbons (Fsp3) is 0.316. The Kier molecular flexibility index (Phi) is 6.04. The van der Waals surface area contributed by atoms with Crippen LogP contribution in [0.1, 0.15) is 23.2 Å². The summed E-state index contributed by atoms with van der Waals surface area (Å²) in [5, 5.41) is 9.81. The highest BCUT2D eigenvalue weighted by Crippen LogP contribution is 2.25. The number of carbonyl (C=O) groups excluding carboxylic acids is 1. The van der Waals surface area contributed by atoms with Crippen molar-refractivity contribution >= 4 is 33.2 Å². The van der Waals surface area contributed by atoms with Gasteiger partial charge >= 0.3 is 0 Å².